The van der Waals surface area contributed by atoms with Gasteiger partial charge in [0.1, 0.15) is 0 Å². The Balaban J connectivity index is 1.64. The lowest BCUT2D eigenvalue weighted by Gasteiger charge is -2.23. The molecule has 20 heavy (non-hydrogen) atoms. The summed E-state index contributed by atoms with van der Waals surface area (Å²) in [6.07, 6.45) is 3.62. The van der Waals surface area contributed by atoms with Gasteiger partial charge in [-0.05, 0) is 54.0 Å². The van der Waals surface area contributed by atoms with Crippen LogP contribution in [0.25, 0.3) is 0 Å². The van der Waals surface area contributed by atoms with Crippen LogP contribution in [0.15, 0.2) is 35.7 Å². The molecule has 0 radical (unpaired) electrons. The quantitative estimate of drug-likeness (QED) is 0.903. The maximum Gasteiger partial charge on any atom is 0.335 e. The van der Waals surface area contributed by atoms with Crippen LogP contribution in [0.2, 0.25) is 0 Å². The van der Waals surface area contributed by atoms with E-state index < -0.39 is 5.97 Å². The van der Waals surface area contributed by atoms with Crippen LogP contribution in [-0.4, -0.2) is 11.1 Å². The van der Waals surface area contributed by atoms with Crippen LogP contribution in [-0.2, 0) is 13.0 Å². The Bertz CT molecular complexity index is 603. The number of aryl methyl sites for hydroxylation is 1. The second-order valence-corrected chi connectivity index (χ2v) is 6.13. The van der Waals surface area contributed by atoms with Crippen LogP contribution in [0.3, 0.4) is 0 Å². The van der Waals surface area contributed by atoms with E-state index in [9.17, 15) is 4.79 Å². The Labute approximate surface area is 122 Å². The lowest BCUT2D eigenvalue weighted by molar-refractivity contribution is 0.0697. The topological polar surface area (TPSA) is 49.3 Å². The van der Waals surface area contributed by atoms with Crippen LogP contribution in [0.4, 0.5) is 0 Å². The van der Waals surface area contributed by atoms with E-state index in [0.29, 0.717) is 11.6 Å². The van der Waals surface area contributed by atoms with Crippen LogP contribution in [0.1, 0.15) is 45.2 Å². The van der Waals surface area contributed by atoms with Gasteiger partial charge in [0.25, 0.3) is 0 Å². The van der Waals surface area contributed by atoms with Gasteiger partial charge in [-0.1, -0.05) is 12.1 Å². The van der Waals surface area contributed by atoms with E-state index in [4.69, 9.17) is 5.11 Å². The average molecular weight is 287 g/mol. The number of nitrogens with one attached hydrogen (secondary N) is 1. The largest absolute Gasteiger partial charge is 0.478 e. The van der Waals surface area contributed by atoms with Gasteiger partial charge < -0.3 is 10.4 Å². The molecule has 0 aliphatic heterocycles. The molecule has 1 unspecified atom stereocenters. The molecular weight excluding hydrogens is 270 g/mol. The summed E-state index contributed by atoms with van der Waals surface area (Å²) in [5, 5.41) is 14.6. The summed E-state index contributed by atoms with van der Waals surface area (Å²) < 4.78 is 0. The van der Waals surface area contributed by atoms with Gasteiger partial charge in [-0.15, -0.1) is 11.3 Å². The third kappa shape index (κ3) is 2.76. The smallest absolute Gasteiger partial charge is 0.335 e. The van der Waals surface area contributed by atoms with Gasteiger partial charge in [0.2, 0.25) is 0 Å². The monoisotopic (exact) mass is 287 g/mol. The molecule has 2 N–H and O–H groups in total. The number of carbonyl (C=O) groups is 1. The Morgan fingerprint density at radius 1 is 1.30 bits per heavy atom. The number of carboxylic acid groups (broad SMARTS) is 1. The predicted octanol–water partition coefficient (Wildman–Crippen LogP) is 3.61. The van der Waals surface area contributed by atoms with Gasteiger partial charge in [-0.25, -0.2) is 4.79 Å². The summed E-state index contributed by atoms with van der Waals surface area (Å²) in [4.78, 5) is 12.3. The second kappa shape index (κ2) is 5.77. The molecule has 1 atom stereocenters. The minimum absolute atomic E-state index is 0.339. The minimum atomic E-state index is -0.875. The van der Waals surface area contributed by atoms with Crippen molar-refractivity contribution in [3.63, 3.8) is 0 Å². The molecule has 2 aromatic rings. The zero-order chi connectivity index (χ0) is 13.9. The van der Waals surface area contributed by atoms with E-state index in [2.05, 4.69) is 16.8 Å². The standard InChI is InChI=1S/C16H17NO2S/c18-16(19)12-6-4-11(5-7-12)10-17-14-2-1-3-15-13(14)8-9-20-15/h4-9,14,17H,1-3,10H2,(H,18,19). The van der Waals surface area contributed by atoms with Gasteiger partial charge in [-0.2, -0.15) is 0 Å². The lowest BCUT2D eigenvalue weighted by Crippen LogP contribution is -2.23. The molecule has 0 saturated heterocycles. The van der Waals surface area contributed by atoms with Crippen molar-refractivity contribution in [3.8, 4) is 0 Å². The number of hydrogen-bond acceptors (Lipinski definition) is 3. The summed E-state index contributed by atoms with van der Waals surface area (Å²) in [7, 11) is 0. The molecule has 3 nitrogen and oxygen atoms in total. The third-order valence-electron chi connectivity index (χ3n) is 3.81. The number of fused-ring (bicyclic) bond motifs is 1. The molecule has 0 saturated carbocycles. The predicted molar refractivity (Wildman–Crippen MR) is 80.2 cm³/mol. The van der Waals surface area contributed by atoms with Crippen LogP contribution in [0.5, 0.6) is 0 Å². The molecule has 1 aromatic heterocycles. The van der Waals surface area contributed by atoms with Gasteiger partial charge in [0.05, 0.1) is 5.56 Å². The van der Waals surface area contributed by atoms with Gasteiger partial charge in [0.15, 0.2) is 0 Å². The first kappa shape index (κ1) is 13.3. The molecular formula is C16H17NO2S. The highest BCUT2D eigenvalue weighted by molar-refractivity contribution is 7.10. The fourth-order valence-electron chi connectivity index (χ4n) is 2.70. The molecule has 1 heterocycles. The number of benzene rings is 1. The van der Waals surface area contributed by atoms with Crippen molar-refractivity contribution < 1.29 is 9.90 Å². The molecule has 4 heteroatoms. The van der Waals surface area contributed by atoms with Gasteiger partial charge in [0, 0.05) is 17.5 Å². The maximum absolute atomic E-state index is 10.8. The van der Waals surface area contributed by atoms with Crippen LogP contribution in [0, 0.1) is 0 Å². The SMILES string of the molecule is O=C(O)c1ccc(CNC2CCCc3sccc32)cc1. The van der Waals surface area contributed by atoms with Crippen LogP contribution >= 0.6 is 11.3 Å². The molecule has 0 spiro atoms. The number of thiophene rings is 1. The van der Waals surface area contributed by atoms with Crippen molar-refractivity contribution in [1.29, 1.82) is 0 Å². The van der Waals surface area contributed by atoms with Crippen molar-refractivity contribution in [2.45, 2.75) is 31.8 Å². The highest BCUT2D eigenvalue weighted by Gasteiger charge is 2.20. The van der Waals surface area contributed by atoms with Crippen molar-refractivity contribution in [1.82, 2.24) is 5.32 Å². The first-order valence-corrected chi connectivity index (χ1v) is 7.74. The molecule has 0 bridgehead atoms. The number of carboxylic acids is 1. The van der Waals surface area contributed by atoms with Crippen molar-refractivity contribution in [3.05, 3.63) is 57.3 Å². The highest BCUT2D eigenvalue weighted by Crippen LogP contribution is 2.33. The fourth-order valence-corrected chi connectivity index (χ4v) is 3.69. The van der Waals surface area contributed by atoms with Crippen molar-refractivity contribution in [2.24, 2.45) is 0 Å². The van der Waals surface area contributed by atoms with E-state index in [0.717, 1.165) is 12.1 Å². The zero-order valence-corrected chi connectivity index (χ0v) is 12.0. The van der Waals surface area contributed by atoms with Crippen molar-refractivity contribution in [2.75, 3.05) is 0 Å². The Morgan fingerprint density at radius 2 is 2.10 bits per heavy atom. The summed E-state index contributed by atoms with van der Waals surface area (Å²) in [5.74, 6) is -0.875. The molecule has 0 amide bonds. The Kier molecular flexibility index (Phi) is 3.85. The summed E-state index contributed by atoms with van der Waals surface area (Å²) in [6, 6.07) is 9.75. The summed E-state index contributed by atoms with van der Waals surface area (Å²) >= 11 is 1.85. The van der Waals surface area contributed by atoms with E-state index in [-0.39, 0.29) is 0 Å². The molecule has 3 rings (SSSR count). The Morgan fingerprint density at radius 3 is 2.85 bits per heavy atom. The van der Waals surface area contributed by atoms with E-state index in [1.54, 1.807) is 12.1 Å². The summed E-state index contributed by atoms with van der Waals surface area (Å²) in [6.45, 7) is 0.778. The molecule has 1 aromatic carbocycles. The van der Waals surface area contributed by atoms with E-state index in [1.807, 2.05) is 23.5 Å². The van der Waals surface area contributed by atoms with Gasteiger partial charge in [-0.3, -0.25) is 0 Å². The van der Waals surface area contributed by atoms with Crippen molar-refractivity contribution >= 4 is 17.3 Å². The van der Waals surface area contributed by atoms with Gasteiger partial charge >= 0.3 is 5.97 Å². The lowest BCUT2D eigenvalue weighted by atomic mass is 9.94. The van der Waals surface area contributed by atoms with E-state index in [1.165, 1.54) is 29.7 Å². The normalized spacial score (nSPS) is 17.7. The third-order valence-corrected chi connectivity index (χ3v) is 4.80. The maximum atomic E-state index is 10.8. The fraction of sp³-hybridized carbons (Fsp3) is 0.312. The van der Waals surface area contributed by atoms with Crippen LogP contribution < -0.4 is 5.32 Å². The van der Waals surface area contributed by atoms with E-state index >= 15 is 0 Å². The molecule has 0 fully saturated rings. The Hall–Kier alpha value is -1.65. The highest BCUT2D eigenvalue weighted by atomic mass is 32.1. The minimum Gasteiger partial charge on any atom is -0.478 e. The summed E-state index contributed by atoms with van der Waals surface area (Å²) in [5.41, 5.74) is 2.91. The molecule has 1 aliphatic rings. The average Bonchev–Trinajstić information content (AvgIpc) is 2.94. The number of rotatable bonds is 4. The first-order chi connectivity index (χ1) is 9.74. The molecule has 104 valence electrons. The number of hydrogen-bond donors (Lipinski definition) is 2. The second-order valence-electron chi connectivity index (χ2n) is 5.13. The first-order valence-electron chi connectivity index (χ1n) is 6.86. The number of aromatic carboxylic acids is 1. The zero-order valence-electron chi connectivity index (χ0n) is 11.1. The molecule has 1 aliphatic carbocycles.